The Kier molecular flexibility index (Phi) is 4.66. The van der Waals surface area contributed by atoms with Crippen LogP contribution in [0.25, 0.3) is 0 Å². The van der Waals surface area contributed by atoms with Crippen molar-refractivity contribution < 1.29 is 4.79 Å². The van der Waals surface area contributed by atoms with Gasteiger partial charge in [-0.15, -0.1) is 11.3 Å². The number of halogens is 1. The molecular weight excluding hydrogens is 326 g/mol. The van der Waals surface area contributed by atoms with Crippen LogP contribution in [0.4, 0.5) is 0 Å². The highest BCUT2D eigenvalue weighted by atomic mass is 79.9. The molecule has 0 spiro atoms. The largest absolute Gasteiger partial charge is 0.352 e. The normalized spacial score (nSPS) is 9.89. The third kappa shape index (κ3) is 3.88. The molecule has 0 unspecified atom stereocenters. The first-order chi connectivity index (χ1) is 9.19. The van der Waals surface area contributed by atoms with Gasteiger partial charge in [-0.3, -0.25) is 4.79 Å². The van der Waals surface area contributed by atoms with Crippen molar-refractivity contribution in [3.05, 3.63) is 50.4 Å². The summed E-state index contributed by atoms with van der Waals surface area (Å²) in [5.41, 5.74) is 0.770. The second-order valence-electron chi connectivity index (χ2n) is 3.76. The smallest absolute Gasteiger partial charge is 0.252 e. The van der Waals surface area contributed by atoms with E-state index < -0.39 is 0 Å². The number of nitrogens with zero attached hydrogens (tertiary/aromatic N) is 2. The van der Waals surface area contributed by atoms with E-state index in [9.17, 15) is 4.79 Å². The number of nitrogens with one attached hydrogen (secondary N) is 1. The number of hydrogen-bond donors (Lipinski definition) is 1. The number of hydrogen-bond acceptors (Lipinski definition) is 4. The molecule has 2 aromatic heterocycles. The van der Waals surface area contributed by atoms with E-state index in [0.29, 0.717) is 17.8 Å². The van der Waals surface area contributed by atoms with Crippen LogP contribution in [0.5, 0.6) is 0 Å². The van der Waals surface area contributed by atoms with Crippen LogP contribution in [0.1, 0.15) is 20.9 Å². The van der Waals surface area contributed by atoms with Crippen molar-refractivity contribution in [2.24, 2.45) is 0 Å². The summed E-state index contributed by atoms with van der Waals surface area (Å²) in [5, 5.41) is 11.4. The Balaban J connectivity index is 1.85. The molecule has 0 aliphatic heterocycles. The van der Waals surface area contributed by atoms with Gasteiger partial charge in [0.05, 0.1) is 9.35 Å². The number of aromatic nitrogens is 1. The van der Waals surface area contributed by atoms with E-state index in [0.717, 1.165) is 10.2 Å². The van der Waals surface area contributed by atoms with Crippen LogP contribution in [0.3, 0.4) is 0 Å². The highest BCUT2D eigenvalue weighted by molar-refractivity contribution is 9.11. The van der Waals surface area contributed by atoms with Gasteiger partial charge >= 0.3 is 0 Å². The van der Waals surface area contributed by atoms with E-state index >= 15 is 0 Å². The van der Waals surface area contributed by atoms with Crippen molar-refractivity contribution in [2.75, 3.05) is 6.54 Å². The summed E-state index contributed by atoms with van der Waals surface area (Å²) in [5.74, 6) is -0.174. The summed E-state index contributed by atoms with van der Waals surface area (Å²) in [4.78, 5) is 16.9. The summed E-state index contributed by atoms with van der Waals surface area (Å²) in [6.45, 7) is 0.575. The molecule has 0 radical (unpaired) electrons. The molecule has 0 fully saturated rings. The lowest BCUT2D eigenvalue weighted by molar-refractivity contribution is 0.0954. The summed E-state index contributed by atoms with van der Waals surface area (Å²) >= 11 is 5.06. The van der Waals surface area contributed by atoms with Gasteiger partial charge in [0.25, 0.3) is 5.91 Å². The Morgan fingerprint density at radius 1 is 1.42 bits per heavy atom. The fraction of sp³-hybridized carbons (Fsp3) is 0.154. The first-order valence-corrected chi connectivity index (χ1v) is 7.18. The SMILES string of the molecule is N#Cc1ccc(C(=O)NCCc2ccc(Br)s2)cn1. The topological polar surface area (TPSA) is 65.8 Å². The molecule has 0 aliphatic carbocycles. The van der Waals surface area contributed by atoms with Crippen molar-refractivity contribution in [1.29, 1.82) is 5.26 Å². The molecule has 0 bridgehead atoms. The van der Waals surface area contributed by atoms with Crippen LogP contribution in [-0.2, 0) is 6.42 Å². The van der Waals surface area contributed by atoms with Crippen molar-refractivity contribution in [3.8, 4) is 6.07 Å². The maximum Gasteiger partial charge on any atom is 0.252 e. The van der Waals surface area contributed by atoms with E-state index in [4.69, 9.17) is 5.26 Å². The molecule has 0 saturated heterocycles. The number of rotatable bonds is 4. The molecule has 0 aromatic carbocycles. The lowest BCUT2D eigenvalue weighted by Crippen LogP contribution is -2.25. The number of carbonyl (C=O) groups excluding carboxylic acids is 1. The standard InChI is InChI=1S/C13H10BrN3OS/c14-12-4-3-11(19-12)5-6-16-13(18)9-1-2-10(7-15)17-8-9/h1-4,8H,5-6H2,(H,16,18). The highest BCUT2D eigenvalue weighted by Crippen LogP contribution is 2.22. The summed E-state index contributed by atoms with van der Waals surface area (Å²) in [7, 11) is 0. The molecule has 2 heterocycles. The predicted octanol–water partition coefficient (Wildman–Crippen LogP) is 2.75. The summed E-state index contributed by atoms with van der Waals surface area (Å²) < 4.78 is 1.09. The van der Waals surface area contributed by atoms with Gasteiger partial charge in [0, 0.05) is 17.6 Å². The van der Waals surface area contributed by atoms with Gasteiger partial charge in [-0.05, 0) is 46.6 Å². The Morgan fingerprint density at radius 2 is 2.26 bits per heavy atom. The van der Waals surface area contributed by atoms with Crippen molar-refractivity contribution >= 4 is 33.2 Å². The quantitative estimate of drug-likeness (QED) is 0.934. The molecule has 96 valence electrons. The van der Waals surface area contributed by atoms with E-state index in [1.165, 1.54) is 17.1 Å². The van der Waals surface area contributed by atoms with Crippen LogP contribution >= 0.6 is 27.3 Å². The fourth-order valence-corrected chi connectivity index (χ4v) is 2.96. The number of nitriles is 1. The Hall–Kier alpha value is -1.71. The zero-order chi connectivity index (χ0) is 13.7. The highest BCUT2D eigenvalue weighted by Gasteiger charge is 2.06. The first-order valence-electron chi connectivity index (χ1n) is 5.57. The minimum absolute atomic E-state index is 0.174. The van der Waals surface area contributed by atoms with Gasteiger partial charge in [-0.1, -0.05) is 0 Å². The van der Waals surface area contributed by atoms with Crippen LogP contribution in [0.15, 0.2) is 34.2 Å². The Labute approximate surface area is 123 Å². The van der Waals surface area contributed by atoms with Crippen LogP contribution in [-0.4, -0.2) is 17.4 Å². The minimum Gasteiger partial charge on any atom is -0.352 e. The monoisotopic (exact) mass is 335 g/mol. The molecule has 0 aliphatic rings. The molecule has 2 aromatic rings. The first kappa shape index (κ1) is 13.7. The van der Waals surface area contributed by atoms with Crippen molar-refractivity contribution in [1.82, 2.24) is 10.3 Å². The molecular formula is C13H10BrN3OS. The molecule has 19 heavy (non-hydrogen) atoms. The minimum atomic E-state index is -0.174. The van der Waals surface area contributed by atoms with Gasteiger partial charge in [0.2, 0.25) is 0 Å². The van der Waals surface area contributed by atoms with Gasteiger partial charge in [0.15, 0.2) is 0 Å². The molecule has 1 N–H and O–H groups in total. The lowest BCUT2D eigenvalue weighted by Gasteiger charge is -2.03. The van der Waals surface area contributed by atoms with Crippen molar-refractivity contribution in [3.63, 3.8) is 0 Å². The molecule has 2 rings (SSSR count). The second kappa shape index (κ2) is 6.45. The van der Waals surface area contributed by atoms with E-state index in [1.807, 2.05) is 18.2 Å². The molecule has 6 heteroatoms. The molecule has 1 amide bonds. The number of amides is 1. The number of thiophene rings is 1. The van der Waals surface area contributed by atoms with E-state index in [-0.39, 0.29) is 5.91 Å². The zero-order valence-electron chi connectivity index (χ0n) is 9.89. The molecule has 0 saturated carbocycles. The average molecular weight is 336 g/mol. The third-order valence-electron chi connectivity index (χ3n) is 2.43. The Bertz CT molecular complexity index is 616. The van der Waals surface area contributed by atoms with Gasteiger partial charge in [0.1, 0.15) is 11.8 Å². The number of pyridine rings is 1. The summed E-state index contributed by atoms with van der Waals surface area (Å²) in [6, 6.07) is 9.07. The number of carbonyl (C=O) groups is 1. The van der Waals surface area contributed by atoms with E-state index in [2.05, 4.69) is 26.2 Å². The van der Waals surface area contributed by atoms with Crippen LogP contribution in [0.2, 0.25) is 0 Å². The summed E-state index contributed by atoms with van der Waals surface area (Å²) in [6.07, 6.45) is 2.21. The third-order valence-corrected chi connectivity index (χ3v) is 4.11. The van der Waals surface area contributed by atoms with Crippen LogP contribution < -0.4 is 5.32 Å². The predicted molar refractivity (Wildman–Crippen MR) is 77.0 cm³/mol. The fourth-order valence-electron chi connectivity index (χ4n) is 1.48. The van der Waals surface area contributed by atoms with Crippen molar-refractivity contribution in [2.45, 2.75) is 6.42 Å². The van der Waals surface area contributed by atoms with Crippen LogP contribution in [0, 0.1) is 11.3 Å². The lowest BCUT2D eigenvalue weighted by atomic mass is 10.2. The van der Waals surface area contributed by atoms with Gasteiger partial charge in [-0.25, -0.2) is 4.98 Å². The van der Waals surface area contributed by atoms with Gasteiger partial charge < -0.3 is 5.32 Å². The van der Waals surface area contributed by atoms with Gasteiger partial charge in [-0.2, -0.15) is 5.26 Å². The molecule has 0 atom stereocenters. The maximum atomic E-state index is 11.8. The van der Waals surface area contributed by atoms with E-state index in [1.54, 1.807) is 17.4 Å². The molecule has 4 nitrogen and oxygen atoms in total. The average Bonchev–Trinajstić information content (AvgIpc) is 2.84. The zero-order valence-corrected chi connectivity index (χ0v) is 12.3. The second-order valence-corrected chi connectivity index (χ2v) is 6.30. The maximum absolute atomic E-state index is 11.8. The Morgan fingerprint density at radius 3 is 2.84 bits per heavy atom.